The third kappa shape index (κ3) is 2.28. The summed E-state index contributed by atoms with van der Waals surface area (Å²) in [6, 6.07) is 5.89. The maximum Gasteiger partial charge on any atom is 0.144 e. The fourth-order valence-electron chi connectivity index (χ4n) is 1.87. The molecule has 2 rings (SSSR count). The average Bonchev–Trinajstić information content (AvgIpc) is 2.74. The number of hydrogen-bond acceptors (Lipinski definition) is 3. The van der Waals surface area contributed by atoms with Gasteiger partial charge >= 0.3 is 0 Å². The Morgan fingerprint density at radius 3 is 2.33 bits per heavy atom. The molecule has 0 aliphatic rings. The second-order valence-corrected chi connectivity index (χ2v) is 5.81. The van der Waals surface area contributed by atoms with Gasteiger partial charge in [0, 0.05) is 17.5 Å². The number of hydrogen-bond donors (Lipinski definition) is 0. The van der Waals surface area contributed by atoms with Crippen LogP contribution in [0.2, 0.25) is 0 Å². The van der Waals surface area contributed by atoms with Gasteiger partial charge in [-0.25, -0.2) is 4.98 Å². The Balaban J connectivity index is 2.66. The summed E-state index contributed by atoms with van der Waals surface area (Å²) < 4.78 is 2.07. The second kappa shape index (κ2) is 4.52. The van der Waals surface area contributed by atoms with Crippen LogP contribution in [0.1, 0.15) is 52.2 Å². The van der Waals surface area contributed by atoms with Gasteiger partial charge in [0.25, 0.3) is 0 Å². The van der Waals surface area contributed by atoms with Crippen LogP contribution in [0.3, 0.4) is 0 Å². The van der Waals surface area contributed by atoms with E-state index in [1.807, 2.05) is 18.2 Å². The van der Waals surface area contributed by atoms with Gasteiger partial charge in [-0.1, -0.05) is 40.7 Å². The zero-order chi connectivity index (χ0) is 13.3. The predicted molar refractivity (Wildman–Crippen MR) is 71.9 cm³/mol. The summed E-state index contributed by atoms with van der Waals surface area (Å²) in [7, 11) is 0. The van der Waals surface area contributed by atoms with Gasteiger partial charge in [-0.2, -0.15) is 0 Å². The van der Waals surface area contributed by atoms with Crippen molar-refractivity contribution in [2.24, 2.45) is 0 Å². The Morgan fingerprint density at radius 2 is 1.83 bits per heavy atom. The molecule has 0 aliphatic heterocycles. The lowest BCUT2D eigenvalue weighted by molar-refractivity contribution is 0.528. The van der Waals surface area contributed by atoms with E-state index >= 15 is 0 Å². The number of aromatic nitrogens is 4. The molecule has 0 fully saturated rings. The van der Waals surface area contributed by atoms with Gasteiger partial charge in [0.05, 0.1) is 0 Å². The SMILES string of the molecule is CC(C)c1nnc(C(C)(C)C)n1-c1ccccn1. The zero-order valence-electron chi connectivity index (χ0n) is 11.7. The summed E-state index contributed by atoms with van der Waals surface area (Å²) in [5, 5.41) is 8.69. The molecule has 96 valence electrons. The third-order valence-corrected chi connectivity index (χ3v) is 2.75. The Labute approximate surface area is 108 Å². The van der Waals surface area contributed by atoms with Crippen LogP contribution >= 0.6 is 0 Å². The van der Waals surface area contributed by atoms with E-state index in [-0.39, 0.29) is 5.41 Å². The van der Waals surface area contributed by atoms with Gasteiger partial charge < -0.3 is 0 Å². The zero-order valence-corrected chi connectivity index (χ0v) is 11.7. The van der Waals surface area contributed by atoms with Crippen LogP contribution in [0.15, 0.2) is 24.4 Å². The summed E-state index contributed by atoms with van der Waals surface area (Å²) in [6.07, 6.45) is 1.80. The molecule has 2 aromatic rings. The van der Waals surface area contributed by atoms with Crippen molar-refractivity contribution in [3.05, 3.63) is 36.0 Å². The number of pyridine rings is 1. The maximum atomic E-state index is 4.42. The van der Waals surface area contributed by atoms with Gasteiger partial charge in [-0.3, -0.25) is 4.57 Å². The summed E-state index contributed by atoms with van der Waals surface area (Å²) in [5.41, 5.74) is -0.0579. The van der Waals surface area contributed by atoms with E-state index in [0.29, 0.717) is 5.92 Å². The largest absolute Gasteiger partial charge is 0.266 e. The molecule has 0 N–H and O–H groups in total. The highest BCUT2D eigenvalue weighted by Crippen LogP contribution is 2.26. The molecule has 0 aliphatic carbocycles. The quantitative estimate of drug-likeness (QED) is 0.815. The van der Waals surface area contributed by atoms with E-state index in [9.17, 15) is 0 Å². The minimum Gasteiger partial charge on any atom is -0.266 e. The second-order valence-electron chi connectivity index (χ2n) is 5.81. The first-order valence-corrected chi connectivity index (χ1v) is 6.28. The molecule has 4 heteroatoms. The summed E-state index contributed by atoms with van der Waals surface area (Å²) in [6.45, 7) is 10.7. The molecule has 2 aromatic heterocycles. The van der Waals surface area contributed by atoms with Crippen molar-refractivity contribution < 1.29 is 0 Å². The Kier molecular flexibility index (Phi) is 3.20. The molecule has 0 saturated heterocycles. The van der Waals surface area contributed by atoms with Gasteiger partial charge in [-0.15, -0.1) is 10.2 Å². The van der Waals surface area contributed by atoms with Crippen molar-refractivity contribution in [1.82, 2.24) is 19.7 Å². The molecule has 18 heavy (non-hydrogen) atoms. The van der Waals surface area contributed by atoms with E-state index in [4.69, 9.17) is 0 Å². The Bertz CT molecular complexity index is 520. The van der Waals surface area contributed by atoms with Crippen molar-refractivity contribution in [2.45, 2.75) is 46.0 Å². The smallest absolute Gasteiger partial charge is 0.144 e. The summed E-state index contributed by atoms with van der Waals surface area (Å²) in [4.78, 5) is 4.42. The van der Waals surface area contributed by atoms with Crippen LogP contribution in [-0.4, -0.2) is 19.7 Å². The lowest BCUT2D eigenvalue weighted by Crippen LogP contribution is -2.20. The highest BCUT2D eigenvalue weighted by Gasteiger charge is 2.26. The van der Waals surface area contributed by atoms with Crippen LogP contribution in [-0.2, 0) is 5.41 Å². The monoisotopic (exact) mass is 244 g/mol. The maximum absolute atomic E-state index is 4.42. The first kappa shape index (κ1) is 12.7. The van der Waals surface area contributed by atoms with Gasteiger partial charge in [0.2, 0.25) is 0 Å². The van der Waals surface area contributed by atoms with Crippen molar-refractivity contribution in [1.29, 1.82) is 0 Å². The van der Waals surface area contributed by atoms with Crippen LogP contribution in [0, 0.1) is 0 Å². The molecule has 0 amide bonds. The molecule has 2 heterocycles. The molecule has 0 atom stereocenters. The van der Waals surface area contributed by atoms with Gasteiger partial charge in [0.1, 0.15) is 17.5 Å². The molecule has 0 bridgehead atoms. The fraction of sp³-hybridized carbons (Fsp3) is 0.500. The van der Waals surface area contributed by atoms with Gasteiger partial charge in [-0.05, 0) is 12.1 Å². The standard InChI is InChI=1S/C14H20N4/c1-10(2)12-16-17-13(14(3,4)5)18(12)11-8-6-7-9-15-11/h6-10H,1-5H3. The minimum atomic E-state index is -0.0579. The highest BCUT2D eigenvalue weighted by atomic mass is 15.3. The van der Waals surface area contributed by atoms with Crippen molar-refractivity contribution in [2.75, 3.05) is 0 Å². The van der Waals surface area contributed by atoms with E-state index in [1.54, 1.807) is 6.20 Å². The van der Waals surface area contributed by atoms with E-state index in [0.717, 1.165) is 17.5 Å². The van der Waals surface area contributed by atoms with Crippen LogP contribution < -0.4 is 0 Å². The topological polar surface area (TPSA) is 43.6 Å². The van der Waals surface area contributed by atoms with E-state index in [1.165, 1.54) is 0 Å². The van der Waals surface area contributed by atoms with Gasteiger partial charge in [0.15, 0.2) is 0 Å². The first-order valence-electron chi connectivity index (χ1n) is 6.28. The summed E-state index contributed by atoms with van der Waals surface area (Å²) >= 11 is 0. The average molecular weight is 244 g/mol. The van der Waals surface area contributed by atoms with Crippen LogP contribution in [0.5, 0.6) is 0 Å². The Hall–Kier alpha value is -1.71. The lowest BCUT2D eigenvalue weighted by Gasteiger charge is -2.20. The predicted octanol–water partition coefficient (Wildman–Crippen LogP) is 3.08. The Morgan fingerprint density at radius 1 is 1.11 bits per heavy atom. The minimum absolute atomic E-state index is 0.0579. The van der Waals surface area contributed by atoms with Crippen molar-refractivity contribution >= 4 is 0 Å². The number of nitrogens with zero attached hydrogens (tertiary/aromatic N) is 4. The summed E-state index contributed by atoms with van der Waals surface area (Å²) in [5.74, 6) is 3.11. The normalized spacial score (nSPS) is 12.1. The van der Waals surface area contributed by atoms with E-state index in [2.05, 4.69) is 54.4 Å². The van der Waals surface area contributed by atoms with Crippen molar-refractivity contribution in [3.8, 4) is 5.82 Å². The molecular weight excluding hydrogens is 224 g/mol. The third-order valence-electron chi connectivity index (χ3n) is 2.75. The highest BCUT2D eigenvalue weighted by molar-refractivity contribution is 5.28. The molecule has 0 unspecified atom stereocenters. The molecular formula is C14H20N4. The molecule has 0 saturated carbocycles. The number of rotatable bonds is 2. The van der Waals surface area contributed by atoms with Crippen molar-refractivity contribution in [3.63, 3.8) is 0 Å². The first-order chi connectivity index (χ1) is 8.41. The van der Waals surface area contributed by atoms with E-state index < -0.39 is 0 Å². The lowest BCUT2D eigenvalue weighted by atomic mass is 9.95. The van der Waals surface area contributed by atoms with Crippen LogP contribution in [0.4, 0.5) is 0 Å². The molecule has 0 aromatic carbocycles. The van der Waals surface area contributed by atoms with Crippen LogP contribution in [0.25, 0.3) is 5.82 Å². The molecule has 0 radical (unpaired) electrons. The molecule has 4 nitrogen and oxygen atoms in total. The molecule has 0 spiro atoms. The fourth-order valence-corrected chi connectivity index (χ4v) is 1.87.